The third-order valence-electron chi connectivity index (χ3n) is 6.60. The highest BCUT2D eigenvalue weighted by atomic mass is 35.5. The Morgan fingerprint density at radius 3 is 2.38 bits per heavy atom. The zero-order valence-electron chi connectivity index (χ0n) is 21.0. The molecule has 1 fully saturated rings. The molecule has 13 heteroatoms. The number of rotatable bonds is 11. The van der Waals surface area contributed by atoms with Crippen LogP contribution < -0.4 is 5.32 Å². The minimum atomic E-state index is -2.57. The van der Waals surface area contributed by atoms with Gasteiger partial charge in [0.1, 0.15) is 6.17 Å². The molecule has 2 aromatic heterocycles. The van der Waals surface area contributed by atoms with Gasteiger partial charge in [-0.25, -0.2) is 19.0 Å². The third kappa shape index (κ3) is 5.60. The molecular formula is C27H25ClFN5O6. The molecule has 1 saturated heterocycles. The van der Waals surface area contributed by atoms with Crippen LogP contribution in [0.3, 0.4) is 0 Å². The van der Waals surface area contributed by atoms with Crippen molar-refractivity contribution in [2.45, 2.75) is 43.5 Å². The summed E-state index contributed by atoms with van der Waals surface area (Å²) in [5.74, 6) is -2.98. The van der Waals surface area contributed by atoms with Gasteiger partial charge in [0.05, 0.1) is 19.0 Å². The van der Waals surface area contributed by atoms with Crippen LogP contribution in [-0.4, -0.2) is 66.2 Å². The summed E-state index contributed by atoms with van der Waals surface area (Å²) in [5, 5.41) is 22.7. The van der Waals surface area contributed by atoms with Crippen molar-refractivity contribution in [3.63, 3.8) is 0 Å². The molecule has 3 heterocycles. The van der Waals surface area contributed by atoms with E-state index in [0.29, 0.717) is 23.4 Å². The molecule has 208 valence electrons. The van der Waals surface area contributed by atoms with Crippen LogP contribution in [0.15, 0.2) is 67.0 Å². The molecular weight excluding hydrogens is 545 g/mol. The zero-order chi connectivity index (χ0) is 28.3. The van der Waals surface area contributed by atoms with Crippen LogP contribution in [0.5, 0.6) is 0 Å². The van der Waals surface area contributed by atoms with Crippen molar-refractivity contribution in [2.24, 2.45) is 0 Å². The van der Waals surface area contributed by atoms with E-state index in [0.717, 1.165) is 5.56 Å². The summed E-state index contributed by atoms with van der Waals surface area (Å²) in [6, 6.07) is 17.9. The zero-order valence-corrected chi connectivity index (χ0v) is 21.7. The van der Waals surface area contributed by atoms with Crippen LogP contribution >= 0.6 is 11.6 Å². The van der Waals surface area contributed by atoms with Crippen molar-refractivity contribution < 1.29 is 33.7 Å². The highest BCUT2D eigenvalue weighted by molar-refractivity contribution is 6.28. The predicted octanol–water partition coefficient (Wildman–Crippen LogP) is 3.88. The van der Waals surface area contributed by atoms with Crippen LogP contribution in [0.2, 0.25) is 5.28 Å². The highest BCUT2D eigenvalue weighted by Crippen LogP contribution is 2.35. The van der Waals surface area contributed by atoms with Gasteiger partial charge in [-0.05, 0) is 22.7 Å². The number of ether oxygens (including phenoxy) is 2. The van der Waals surface area contributed by atoms with E-state index in [4.69, 9.17) is 21.1 Å². The number of carboxylic acids is 2. The van der Waals surface area contributed by atoms with E-state index in [1.54, 1.807) is 30.3 Å². The molecule has 0 radical (unpaired) electrons. The van der Waals surface area contributed by atoms with Crippen molar-refractivity contribution in [1.82, 2.24) is 19.5 Å². The van der Waals surface area contributed by atoms with E-state index in [1.165, 1.54) is 10.9 Å². The van der Waals surface area contributed by atoms with Crippen molar-refractivity contribution in [2.75, 3.05) is 11.9 Å². The van der Waals surface area contributed by atoms with E-state index in [2.05, 4.69) is 20.3 Å². The largest absolute Gasteiger partial charge is 0.479 e. The highest BCUT2D eigenvalue weighted by Gasteiger charge is 2.50. The summed E-state index contributed by atoms with van der Waals surface area (Å²) in [6.07, 6.45) is -2.88. The number of fused-ring (bicyclic) bond motifs is 1. The van der Waals surface area contributed by atoms with Crippen molar-refractivity contribution in [3.8, 4) is 0 Å². The first-order valence-electron chi connectivity index (χ1n) is 12.4. The SMILES string of the molecule is O=C(O)C(Cc1ccccc1)(OCC1CC(F)C(n2cnc3c(NCc4ccccc4)nc(Cl)nc32)O1)C(=O)O. The van der Waals surface area contributed by atoms with Gasteiger partial charge in [0, 0.05) is 19.4 Å². The number of halogens is 2. The van der Waals surface area contributed by atoms with Gasteiger partial charge in [-0.1, -0.05) is 60.7 Å². The number of benzene rings is 2. The fraction of sp³-hybridized carbons (Fsp3) is 0.296. The topological polar surface area (TPSA) is 149 Å². The first kappa shape index (κ1) is 27.4. The van der Waals surface area contributed by atoms with Crippen molar-refractivity contribution in [3.05, 3.63) is 83.4 Å². The fourth-order valence-corrected chi connectivity index (χ4v) is 4.73. The maximum absolute atomic E-state index is 15.2. The van der Waals surface area contributed by atoms with Crippen LogP contribution in [0, 0.1) is 0 Å². The molecule has 1 aliphatic rings. The summed E-state index contributed by atoms with van der Waals surface area (Å²) in [4.78, 5) is 36.9. The maximum atomic E-state index is 15.2. The Morgan fingerprint density at radius 1 is 1.07 bits per heavy atom. The third-order valence-corrected chi connectivity index (χ3v) is 6.77. The number of nitrogens with zero attached hydrogens (tertiary/aromatic N) is 4. The quantitative estimate of drug-likeness (QED) is 0.179. The molecule has 0 saturated carbocycles. The molecule has 0 amide bonds. The molecule has 4 aromatic rings. The second-order valence-corrected chi connectivity index (χ2v) is 9.65. The Hall–Kier alpha value is -4.13. The number of aliphatic carboxylic acids is 2. The van der Waals surface area contributed by atoms with E-state index in [-0.39, 0.29) is 17.4 Å². The fourth-order valence-electron chi connectivity index (χ4n) is 4.57. The number of aromatic nitrogens is 4. The minimum Gasteiger partial charge on any atom is -0.479 e. The lowest BCUT2D eigenvalue weighted by atomic mass is 9.94. The summed E-state index contributed by atoms with van der Waals surface area (Å²) in [5.41, 5.74) is -0.523. The first-order valence-corrected chi connectivity index (χ1v) is 12.8. The predicted molar refractivity (Wildman–Crippen MR) is 142 cm³/mol. The summed E-state index contributed by atoms with van der Waals surface area (Å²) in [7, 11) is 0. The van der Waals surface area contributed by atoms with Crippen LogP contribution in [0.4, 0.5) is 10.2 Å². The number of carboxylic acid groups (broad SMARTS) is 2. The monoisotopic (exact) mass is 569 g/mol. The second kappa shape index (κ2) is 11.5. The average Bonchev–Trinajstić information content (AvgIpc) is 3.53. The number of imidazole rings is 1. The Labute approximate surface area is 232 Å². The van der Waals surface area contributed by atoms with Gasteiger partial charge in [-0.3, -0.25) is 4.57 Å². The molecule has 1 aliphatic heterocycles. The first-order chi connectivity index (χ1) is 19.3. The molecule has 3 atom stereocenters. The molecule has 0 spiro atoms. The molecule has 5 rings (SSSR count). The van der Waals surface area contributed by atoms with Gasteiger partial charge in [0.15, 0.2) is 23.2 Å². The van der Waals surface area contributed by atoms with Gasteiger partial charge in [0.25, 0.3) is 5.60 Å². The van der Waals surface area contributed by atoms with Crippen LogP contribution in [0.25, 0.3) is 11.2 Å². The summed E-state index contributed by atoms with van der Waals surface area (Å²) < 4.78 is 27.9. The normalized spacial score (nSPS) is 19.1. The number of carbonyl (C=O) groups is 2. The standard InChI is InChI=1S/C27H25ClFN5O6/c28-26-32-21(30-13-17-9-5-2-6-10-17)20-22(33-26)34(15-31-20)23-19(29)11-18(40-23)14-39-27(24(35)36,25(37)38)12-16-7-3-1-4-8-16/h1-10,15,18-19,23H,11-14H2,(H,35,36)(H,37,38)(H,30,32,33). The van der Waals surface area contributed by atoms with Gasteiger partial charge in [-0.15, -0.1) is 0 Å². The molecule has 3 N–H and O–H groups in total. The summed E-state index contributed by atoms with van der Waals surface area (Å²) >= 11 is 6.16. The number of alkyl halides is 1. The van der Waals surface area contributed by atoms with Gasteiger partial charge in [-0.2, -0.15) is 9.97 Å². The number of anilines is 1. The summed E-state index contributed by atoms with van der Waals surface area (Å²) in [6.45, 7) is -0.0201. The average molecular weight is 570 g/mol. The maximum Gasteiger partial charge on any atom is 0.348 e. The lowest BCUT2D eigenvalue weighted by Crippen LogP contribution is -2.52. The molecule has 0 aliphatic carbocycles. The molecule has 2 aromatic carbocycles. The lowest BCUT2D eigenvalue weighted by Gasteiger charge is -2.27. The van der Waals surface area contributed by atoms with Gasteiger partial charge < -0.3 is 25.0 Å². The number of hydrogen-bond donors (Lipinski definition) is 3. The molecule has 40 heavy (non-hydrogen) atoms. The molecule has 0 bridgehead atoms. The van der Waals surface area contributed by atoms with E-state index in [9.17, 15) is 19.8 Å². The van der Waals surface area contributed by atoms with Crippen molar-refractivity contribution in [1.29, 1.82) is 0 Å². The van der Waals surface area contributed by atoms with Crippen LogP contribution in [0.1, 0.15) is 23.8 Å². The smallest absolute Gasteiger partial charge is 0.348 e. The number of nitrogens with one attached hydrogen (secondary N) is 1. The Bertz CT molecular complexity index is 1490. The van der Waals surface area contributed by atoms with Gasteiger partial charge >= 0.3 is 11.9 Å². The van der Waals surface area contributed by atoms with E-state index in [1.807, 2.05) is 30.3 Å². The molecule has 3 unspecified atom stereocenters. The van der Waals surface area contributed by atoms with Crippen molar-refractivity contribution >= 4 is 40.5 Å². The number of hydrogen-bond acceptors (Lipinski definition) is 8. The van der Waals surface area contributed by atoms with E-state index < -0.39 is 49.1 Å². The van der Waals surface area contributed by atoms with E-state index >= 15 is 4.39 Å². The Morgan fingerprint density at radius 2 is 1.73 bits per heavy atom. The minimum absolute atomic E-state index is 0.0771. The molecule has 11 nitrogen and oxygen atoms in total. The van der Waals surface area contributed by atoms with Crippen LogP contribution in [-0.2, 0) is 32.0 Å². The lowest BCUT2D eigenvalue weighted by molar-refractivity contribution is -0.188. The van der Waals surface area contributed by atoms with Gasteiger partial charge in [0.2, 0.25) is 5.28 Å². The second-order valence-electron chi connectivity index (χ2n) is 9.32. The Kier molecular flexibility index (Phi) is 7.92. The Balaban J connectivity index is 1.32.